The summed E-state index contributed by atoms with van der Waals surface area (Å²) in [5.74, 6) is 0.405. The van der Waals surface area contributed by atoms with Gasteiger partial charge >= 0.3 is 0 Å². The monoisotopic (exact) mass is 333 g/mol. The van der Waals surface area contributed by atoms with Crippen LogP contribution in [0.25, 0.3) is 0 Å². The van der Waals surface area contributed by atoms with E-state index in [-0.39, 0.29) is 17.6 Å². The molecule has 0 radical (unpaired) electrons. The number of pyridine rings is 2. The molecule has 1 atom stereocenters. The molecule has 23 heavy (non-hydrogen) atoms. The molecule has 0 spiro atoms. The number of hydrogen-bond acceptors (Lipinski definition) is 4. The third-order valence-corrected chi connectivity index (χ3v) is 4.00. The van der Waals surface area contributed by atoms with Gasteiger partial charge in [-0.1, -0.05) is 11.6 Å². The summed E-state index contributed by atoms with van der Waals surface area (Å²) in [6, 6.07) is 4.63. The Kier molecular flexibility index (Phi) is 4.62. The number of aromatic amines is 1. The third kappa shape index (κ3) is 3.71. The molecule has 0 bridgehead atoms. The molecule has 0 aromatic carbocycles. The minimum atomic E-state index is -0.288. The summed E-state index contributed by atoms with van der Waals surface area (Å²) in [5, 5.41) is 0.450. The summed E-state index contributed by atoms with van der Waals surface area (Å²) in [6.45, 7) is 1.11. The number of carbonyl (C=O) groups is 1. The van der Waals surface area contributed by atoms with Crippen molar-refractivity contribution in [2.24, 2.45) is 0 Å². The highest BCUT2D eigenvalue weighted by Gasteiger charge is 2.26. The number of halogens is 1. The predicted octanol–water partition coefficient (Wildman–Crippen LogP) is 2.11. The van der Waals surface area contributed by atoms with Gasteiger partial charge in [0.25, 0.3) is 5.91 Å². The highest BCUT2D eigenvalue weighted by Crippen LogP contribution is 2.25. The highest BCUT2D eigenvalue weighted by molar-refractivity contribution is 6.31. The summed E-state index contributed by atoms with van der Waals surface area (Å²) in [7, 11) is 0. The van der Waals surface area contributed by atoms with Crippen LogP contribution in [0, 0.1) is 0 Å². The number of rotatable bonds is 3. The number of aromatic nitrogens is 2. The molecule has 120 valence electrons. The Bertz CT molecular complexity index is 762. The van der Waals surface area contributed by atoms with Crippen LogP contribution in [-0.2, 0) is 0 Å². The van der Waals surface area contributed by atoms with Gasteiger partial charge in [0.05, 0.1) is 6.54 Å². The maximum Gasteiger partial charge on any atom is 0.254 e. The van der Waals surface area contributed by atoms with Gasteiger partial charge in [-0.15, -0.1) is 0 Å². The molecular weight excluding hydrogens is 318 g/mol. The Hall–Kier alpha value is -2.34. The van der Waals surface area contributed by atoms with E-state index < -0.39 is 0 Å². The zero-order valence-corrected chi connectivity index (χ0v) is 13.1. The number of nitrogens with zero attached hydrogens (tertiary/aromatic N) is 2. The molecule has 2 aromatic heterocycles. The third-order valence-electron chi connectivity index (χ3n) is 3.72. The first kappa shape index (κ1) is 15.6. The van der Waals surface area contributed by atoms with Crippen LogP contribution in [0.5, 0.6) is 5.75 Å². The van der Waals surface area contributed by atoms with Crippen molar-refractivity contribution in [1.29, 1.82) is 0 Å². The number of hydrogen-bond donors (Lipinski definition) is 1. The molecule has 1 N–H and O–H groups in total. The van der Waals surface area contributed by atoms with Crippen LogP contribution in [-0.4, -0.2) is 40.0 Å². The van der Waals surface area contributed by atoms with Gasteiger partial charge in [0.15, 0.2) is 0 Å². The molecular formula is C16H16ClN3O3. The smallest absolute Gasteiger partial charge is 0.254 e. The molecule has 3 rings (SSSR count). The van der Waals surface area contributed by atoms with Crippen molar-refractivity contribution in [3.63, 3.8) is 0 Å². The number of carbonyl (C=O) groups excluding carboxylic acids is 1. The van der Waals surface area contributed by atoms with Crippen LogP contribution < -0.4 is 10.3 Å². The van der Waals surface area contributed by atoms with E-state index in [0.717, 1.165) is 12.8 Å². The van der Waals surface area contributed by atoms with E-state index in [1.165, 1.54) is 18.5 Å². The number of nitrogens with one attached hydrogen (secondary N) is 1. The minimum Gasteiger partial charge on any atom is -0.487 e. The van der Waals surface area contributed by atoms with E-state index in [0.29, 0.717) is 29.4 Å². The van der Waals surface area contributed by atoms with Crippen molar-refractivity contribution in [2.45, 2.75) is 18.9 Å². The second kappa shape index (κ2) is 6.83. The largest absolute Gasteiger partial charge is 0.487 e. The van der Waals surface area contributed by atoms with Gasteiger partial charge in [0.1, 0.15) is 16.9 Å². The summed E-state index contributed by atoms with van der Waals surface area (Å²) in [4.78, 5) is 32.0. The van der Waals surface area contributed by atoms with E-state index in [9.17, 15) is 9.59 Å². The number of likely N-dealkylation sites (tertiary alicyclic amines) is 1. The Morgan fingerprint density at radius 2 is 2.30 bits per heavy atom. The first-order chi connectivity index (χ1) is 11.1. The van der Waals surface area contributed by atoms with Gasteiger partial charge in [-0.3, -0.25) is 14.6 Å². The quantitative estimate of drug-likeness (QED) is 0.933. The van der Waals surface area contributed by atoms with Gasteiger partial charge in [-0.05, 0) is 18.9 Å². The molecule has 6 nitrogen and oxygen atoms in total. The van der Waals surface area contributed by atoms with Crippen molar-refractivity contribution >= 4 is 17.5 Å². The molecule has 1 aliphatic heterocycles. The fourth-order valence-electron chi connectivity index (χ4n) is 2.62. The zero-order chi connectivity index (χ0) is 16.2. The van der Waals surface area contributed by atoms with Gasteiger partial charge < -0.3 is 14.6 Å². The second-order valence-corrected chi connectivity index (χ2v) is 5.79. The lowest BCUT2D eigenvalue weighted by atomic mass is 10.1. The average Bonchev–Trinajstić information content (AvgIpc) is 2.56. The summed E-state index contributed by atoms with van der Waals surface area (Å²) in [6.07, 6.45) is 6.17. The van der Waals surface area contributed by atoms with Crippen molar-refractivity contribution in [3.05, 3.63) is 57.7 Å². The molecule has 1 amide bonds. The number of H-pyrrole nitrogens is 1. The lowest BCUT2D eigenvalue weighted by Gasteiger charge is -2.33. The van der Waals surface area contributed by atoms with Crippen molar-refractivity contribution in [1.82, 2.24) is 14.9 Å². The lowest BCUT2D eigenvalue weighted by molar-refractivity contribution is 0.0538. The molecule has 3 heterocycles. The Labute approximate surface area is 138 Å². The first-order valence-corrected chi connectivity index (χ1v) is 7.75. The molecule has 7 heteroatoms. The van der Waals surface area contributed by atoms with E-state index in [1.54, 1.807) is 23.2 Å². The minimum absolute atomic E-state index is 0.130. The van der Waals surface area contributed by atoms with Crippen LogP contribution in [0.2, 0.25) is 5.02 Å². The van der Waals surface area contributed by atoms with Gasteiger partial charge in [-0.2, -0.15) is 0 Å². The topological polar surface area (TPSA) is 75.3 Å². The van der Waals surface area contributed by atoms with Crippen molar-refractivity contribution in [3.8, 4) is 5.75 Å². The summed E-state index contributed by atoms with van der Waals surface area (Å²) >= 11 is 6.05. The van der Waals surface area contributed by atoms with Crippen LogP contribution in [0.3, 0.4) is 0 Å². The molecule has 0 saturated carbocycles. The zero-order valence-electron chi connectivity index (χ0n) is 12.4. The maximum atomic E-state index is 12.5. The number of piperidine rings is 1. The maximum absolute atomic E-state index is 12.5. The molecule has 0 aliphatic carbocycles. The second-order valence-electron chi connectivity index (χ2n) is 5.38. The van der Waals surface area contributed by atoms with Crippen LogP contribution in [0.1, 0.15) is 23.2 Å². The standard InChI is InChI=1S/C16H16ClN3O3/c17-13-9-18-5-4-14(13)23-12-2-1-7-20(10-12)16(22)11-3-6-19-15(21)8-11/h3-6,8-9,12H,1-2,7,10H2,(H,19,21). The Morgan fingerprint density at radius 3 is 3.09 bits per heavy atom. The molecule has 1 saturated heterocycles. The summed E-state index contributed by atoms with van der Waals surface area (Å²) < 4.78 is 5.89. The molecule has 1 unspecified atom stereocenters. The van der Waals surface area contributed by atoms with E-state index in [1.807, 2.05) is 0 Å². The van der Waals surface area contributed by atoms with Gasteiger partial charge in [0.2, 0.25) is 5.56 Å². The van der Waals surface area contributed by atoms with Crippen LogP contribution in [0.15, 0.2) is 41.6 Å². The lowest BCUT2D eigenvalue weighted by Crippen LogP contribution is -2.44. The molecule has 1 fully saturated rings. The van der Waals surface area contributed by atoms with Crippen molar-refractivity contribution < 1.29 is 9.53 Å². The SMILES string of the molecule is O=C(c1cc[nH]c(=O)c1)N1CCCC(Oc2ccncc2Cl)C1. The normalized spacial score (nSPS) is 17.8. The Balaban J connectivity index is 1.70. The van der Waals surface area contributed by atoms with Crippen molar-refractivity contribution in [2.75, 3.05) is 13.1 Å². The fourth-order valence-corrected chi connectivity index (χ4v) is 2.78. The van der Waals surface area contributed by atoms with E-state index in [2.05, 4.69) is 9.97 Å². The van der Waals surface area contributed by atoms with Crippen LogP contribution in [0.4, 0.5) is 0 Å². The average molecular weight is 334 g/mol. The number of amides is 1. The Morgan fingerprint density at radius 1 is 1.43 bits per heavy atom. The van der Waals surface area contributed by atoms with E-state index >= 15 is 0 Å². The number of ether oxygens (including phenoxy) is 1. The van der Waals surface area contributed by atoms with Gasteiger partial charge in [-0.25, -0.2) is 0 Å². The summed E-state index contributed by atoms with van der Waals surface area (Å²) in [5.41, 5.74) is 0.0978. The predicted molar refractivity (Wildman–Crippen MR) is 85.9 cm³/mol. The first-order valence-electron chi connectivity index (χ1n) is 7.37. The van der Waals surface area contributed by atoms with Gasteiger partial charge in [0, 0.05) is 42.8 Å². The highest BCUT2D eigenvalue weighted by atomic mass is 35.5. The fraction of sp³-hybridized carbons (Fsp3) is 0.312. The van der Waals surface area contributed by atoms with Crippen LogP contribution >= 0.6 is 11.6 Å². The van der Waals surface area contributed by atoms with E-state index in [4.69, 9.17) is 16.3 Å². The molecule has 2 aromatic rings. The molecule has 1 aliphatic rings.